The van der Waals surface area contributed by atoms with Crippen LogP contribution in [0.4, 0.5) is 0 Å². The highest BCUT2D eigenvalue weighted by atomic mass is 32.2. The van der Waals surface area contributed by atoms with Crippen LogP contribution in [-0.4, -0.2) is 36.0 Å². The van der Waals surface area contributed by atoms with Crippen LogP contribution >= 0.6 is 0 Å². The first-order valence-electron chi connectivity index (χ1n) is 8.47. The number of aromatic nitrogens is 2. The Morgan fingerprint density at radius 3 is 2.27 bits per heavy atom. The van der Waals surface area contributed by atoms with Crippen LogP contribution in [0.3, 0.4) is 0 Å². The van der Waals surface area contributed by atoms with Gasteiger partial charge in [-0.1, -0.05) is 38.1 Å². The van der Waals surface area contributed by atoms with Crippen LogP contribution in [-0.2, 0) is 10.0 Å². The van der Waals surface area contributed by atoms with Crippen molar-refractivity contribution in [1.82, 2.24) is 14.5 Å². The lowest BCUT2D eigenvalue weighted by molar-refractivity contribution is 0.445. The van der Waals surface area contributed by atoms with Crippen molar-refractivity contribution < 1.29 is 12.8 Å². The second-order valence-electron chi connectivity index (χ2n) is 5.84. The molecule has 0 saturated carbocycles. The number of rotatable bonds is 6. The van der Waals surface area contributed by atoms with Crippen LogP contribution < -0.4 is 0 Å². The molecule has 0 atom stereocenters. The highest BCUT2D eigenvalue weighted by Gasteiger charge is 2.23. The van der Waals surface area contributed by atoms with Gasteiger partial charge in [-0.3, -0.25) is 0 Å². The first-order chi connectivity index (χ1) is 12.5. The van der Waals surface area contributed by atoms with Crippen molar-refractivity contribution >= 4 is 10.0 Å². The van der Waals surface area contributed by atoms with Gasteiger partial charge < -0.3 is 4.42 Å². The van der Waals surface area contributed by atoms with Gasteiger partial charge in [-0.25, -0.2) is 8.42 Å². The maximum Gasteiger partial charge on any atom is 0.248 e. The summed E-state index contributed by atoms with van der Waals surface area (Å²) in [5, 5.41) is 8.19. The average molecular weight is 371 g/mol. The number of hydrogen-bond donors (Lipinski definition) is 0. The molecule has 136 valence electrons. The van der Waals surface area contributed by atoms with Gasteiger partial charge in [-0.15, -0.1) is 10.2 Å². The number of aryl methyl sites for hydroxylation is 1. The third-order valence-corrected chi connectivity index (χ3v) is 6.27. The van der Waals surface area contributed by atoms with Crippen molar-refractivity contribution in [3.63, 3.8) is 0 Å². The molecule has 6 nitrogen and oxygen atoms in total. The molecule has 0 N–H and O–H groups in total. The van der Waals surface area contributed by atoms with E-state index in [-0.39, 0.29) is 4.90 Å². The molecule has 0 spiro atoms. The van der Waals surface area contributed by atoms with E-state index in [1.807, 2.05) is 51.1 Å². The lowest BCUT2D eigenvalue weighted by Crippen LogP contribution is -2.30. The Balaban J connectivity index is 2.03. The molecule has 3 aromatic rings. The SMILES string of the molecule is CCN(CC)S(=O)(=O)c1ccc(C)c(-c2nnc(-c3ccccc3)o2)c1. The molecule has 0 bridgehead atoms. The van der Waals surface area contributed by atoms with Crippen LogP contribution in [0.25, 0.3) is 22.9 Å². The molecular weight excluding hydrogens is 350 g/mol. The molecule has 0 fully saturated rings. The van der Waals surface area contributed by atoms with Crippen molar-refractivity contribution in [1.29, 1.82) is 0 Å². The second-order valence-corrected chi connectivity index (χ2v) is 7.78. The number of benzene rings is 2. The smallest absolute Gasteiger partial charge is 0.248 e. The topological polar surface area (TPSA) is 76.3 Å². The largest absolute Gasteiger partial charge is 0.416 e. The van der Waals surface area contributed by atoms with Crippen molar-refractivity contribution in [2.75, 3.05) is 13.1 Å². The van der Waals surface area contributed by atoms with Gasteiger partial charge in [0.05, 0.1) is 4.90 Å². The molecule has 0 unspecified atom stereocenters. The summed E-state index contributed by atoms with van der Waals surface area (Å²) < 4.78 is 32.8. The molecule has 26 heavy (non-hydrogen) atoms. The Morgan fingerprint density at radius 1 is 0.962 bits per heavy atom. The summed E-state index contributed by atoms with van der Waals surface area (Å²) in [4.78, 5) is 0.223. The van der Waals surface area contributed by atoms with Gasteiger partial charge in [0.15, 0.2) is 0 Å². The van der Waals surface area contributed by atoms with Gasteiger partial charge in [0.2, 0.25) is 21.8 Å². The Morgan fingerprint density at radius 2 is 1.62 bits per heavy atom. The van der Waals surface area contributed by atoms with E-state index < -0.39 is 10.0 Å². The van der Waals surface area contributed by atoms with Crippen LogP contribution in [0.2, 0.25) is 0 Å². The van der Waals surface area contributed by atoms with Crippen LogP contribution in [0, 0.1) is 6.92 Å². The zero-order chi connectivity index (χ0) is 18.7. The minimum Gasteiger partial charge on any atom is -0.416 e. The molecule has 1 heterocycles. The zero-order valence-electron chi connectivity index (χ0n) is 15.0. The van der Waals surface area contributed by atoms with E-state index in [4.69, 9.17) is 4.42 Å². The Kier molecular flexibility index (Phi) is 5.20. The fraction of sp³-hybridized carbons (Fsp3) is 0.263. The number of hydrogen-bond acceptors (Lipinski definition) is 5. The Bertz CT molecular complexity index is 994. The number of nitrogens with zero attached hydrogens (tertiary/aromatic N) is 3. The van der Waals surface area contributed by atoms with Crippen LogP contribution in [0.1, 0.15) is 19.4 Å². The quantitative estimate of drug-likeness (QED) is 0.660. The van der Waals surface area contributed by atoms with Gasteiger partial charge >= 0.3 is 0 Å². The number of sulfonamides is 1. The van der Waals surface area contributed by atoms with Crippen molar-refractivity contribution in [2.45, 2.75) is 25.7 Å². The van der Waals surface area contributed by atoms with E-state index in [0.29, 0.717) is 30.4 Å². The predicted octanol–water partition coefficient (Wildman–Crippen LogP) is 3.74. The van der Waals surface area contributed by atoms with Crippen molar-refractivity contribution in [2.24, 2.45) is 0 Å². The van der Waals surface area contributed by atoms with E-state index in [1.54, 1.807) is 18.2 Å². The minimum atomic E-state index is -3.55. The third kappa shape index (κ3) is 3.40. The fourth-order valence-corrected chi connectivity index (χ4v) is 4.22. The zero-order valence-corrected chi connectivity index (χ0v) is 15.8. The summed E-state index contributed by atoms with van der Waals surface area (Å²) in [5.41, 5.74) is 2.30. The van der Waals surface area contributed by atoms with Crippen LogP contribution in [0.5, 0.6) is 0 Å². The van der Waals surface area contributed by atoms with Gasteiger partial charge in [0.1, 0.15) is 0 Å². The summed E-state index contributed by atoms with van der Waals surface area (Å²) in [6, 6.07) is 14.4. The lowest BCUT2D eigenvalue weighted by Gasteiger charge is -2.19. The van der Waals surface area contributed by atoms with E-state index in [2.05, 4.69) is 10.2 Å². The normalized spacial score (nSPS) is 11.8. The second kappa shape index (κ2) is 7.39. The summed E-state index contributed by atoms with van der Waals surface area (Å²) >= 11 is 0. The summed E-state index contributed by atoms with van der Waals surface area (Å²) in [7, 11) is -3.55. The van der Waals surface area contributed by atoms with Crippen molar-refractivity contribution in [3.05, 3.63) is 54.1 Å². The fourth-order valence-electron chi connectivity index (χ4n) is 2.73. The highest BCUT2D eigenvalue weighted by molar-refractivity contribution is 7.89. The van der Waals surface area contributed by atoms with Gasteiger partial charge in [-0.2, -0.15) is 4.31 Å². The van der Waals surface area contributed by atoms with E-state index in [9.17, 15) is 8.42 Å². The van der Waals surface area contributed by atoms with Crippen LogP contribution in [0.15, 0.2) is 57.8 Å². The average Bonchev–Trinajstić information content (AvgIpc) is 3.13. The van der Waals surface area contributed by atoms with E-state index in [1.165, 1.54) is 4.31 Å². The molecule has 0 aliphatic rings. The summed E-state index contributed by atoms with van der Waals surface area (Å²) in [6.45, 7) is 6.36. The molecule has 7 heteroatoms. The predicted molar refractivity (Wildman–Crippen MR) is 100 cm³/mol. The first kappa shape index (κ1) is 18.3. The molecule has 0 aliphatic heterocycles. The van der Waals surface area contributed by atoms with Gasteiger partial charge in [0, 0.05) is 24.2 Å². The first-order valence-corrected chi connectivity index (χ1v) is 9.91. The van der Waals surface area contributed by atoms with Crippen molar-refractivity contribution in [3.8, 4) is 22.9 Å². The monoisotopic (exact) mass is 371 g/mol. The summed E-state index contributed by atoms with van der Waals surface area (Å²) in [5.74, 6) is 0.704. The molecule has 3 rings (SSSR count). The van der Waals surface area contributed by atoms with Gasteiger partial charge in [-0.05, 0) is 36.8 Å². The lowest BCUT2D eigenvalue weighted by atomic mass is 10.1. The Labute approximate surface area is 153 Å². The summed E-state index contributed by atoms with van der Waals surface area (Å²) in [6.07, 6.45) is 0. The molecule has 2 aromatic carbocycles. The molecule has 0 saturated heterocycles. The Hall–Kier alpha value is -2.51. The molecule has 0 amide bonds. The standard InChI is InChI=1S/C19H21N3O3S/c1-4-22(5-2)26(23,24)16-12-11-14(3)17(13-16)19-21-20-18(25-19)15-9-7-6-8-10-15/h6-13H,4-5H2,1-3H3. The van der Waals surface area contributed by atoms with E-state index in [0.717, 1.165) is 11.1 Å². The molecule has 0 aliphatic carbocycles. The molecule has 0 radical (unpaired) electrons. The molecule has 1 aromatic heterocycles. The van der Waals surface area contributed by atoms with E-state index >= 15 is 0 Å². The molecular formula is C19H21N3O3S. The highest BCUT2D eigenvalue weighted by Crippen LogP contribution is 2.29. The maximum absolute atomic E-state index is 12.8. The third-order valence-electron chi connectivity index (χ3n) is 4.23. The maximum atomic E-state index is 12.8. The van der Waals surface area contributed by atoms with Gasteiger partial charge in [0.25, 0.3) is 0 Å². The minimum absolute atomic E-state index is 0.223.